The minimum Gasteiger partial charge on any atom is -0.508 e. The van der Waals surface area contributed by atoms with Crippen molar-refractivity contribution in [2.24, 2.45) is 0 Å². The first-order valence-corrected chi connectivity index (χ1v) is 9.87. The molecule has 12 nitrogen and oxygen atoms in total. The van der Waals surface area contributed by atoms with Gasteiger partial charge in [-0.1, -0.05) is 12.1 Å². The van der Waals surface area contributed by atoms with Gasteiger partial charge < -0.3 is 25.5 Å². The van der Waals surface area contributed by atoms with Crippen molar-refractivity contribution in [1.82, 2.24) is 5.32 Å². The molecule has 3 rings (SSSR count). The molecule has 0 radical (unpaired) electrons. The van der Waals surface area contributed by atoms with E-state index in [-0.39, 0.29) is 53.6 Å². The van der Waals surface area contributed by atoms with Crippen molar-refractivity contribution >= 4 is 23.2 Å². The fraction of sp³-hybridized carbons (Fsp3) is 0.136. The number of hydrogen-bond acceptors (Lipinski definition) is 8. The first-order chi connectivity index (χ1) is 16.1. The Morgan fingerprint density at radius 2 is 1.29 bits per heavy atom. The van der Waals surface area contributed by atoms with Crippen LogP contribution < -0.4 is 10.2 Å². The number of nitrogens with zero attached hydrogens (tertiary/aromatic N) is 3. The Morgan fingerprint density at radius 3 is 1.71 bits per heavy atom. The van der Waals surface area contributed by atoms with Gasteiger partial charge >= 0.3 is 6.09 Å². The second-order valence-electron chi connectivity index (χ2n) is 7.32. The average molecular weight is 468 g/mol. The molecule has 0 fully saturated rings. The first-order valence-electron chi connectivity index (χ1n) is 9.87. The lowest BCUT2D eigenvalue weighted by atomic mass is 10.1. The van der Waals surface area contributed by atoms with E-state index in [2.05, 4.69) is 5.32 Å². The molecule has 0 bridgehead atoms. The van der Waals surface area contributed by atoms with E-state index in [1.165, 1.54) is 36.4 Å². The van der Waals surface area contributed by atoms with Gasteiger partial charge in [0.05, 0.1) is 9.85 Å². The van der Waals surface area contributed by atoms with Gasteiger partial charge in [-0.3, -0.25) is 20.2 Å². The second-order valence-corrected chi connectivity index (χ2v) is 7.32. The van der Waals surface area contributed by atoms with E-state index >= 15 is 0 Å². The highest BCUT2D eigenvalue weighted by Gasteiger charge is 2.18. The van der Waals surface area contributed by atoms with Crippen LogP contribution in [-0.4, -0.2) is 31.3 Å². The molecule has 0 saturated heterocycles. The zero-order chi connectivity index (χ0) is 24.8. The zero-order valence-corrected chi connectivity index (χ0v) is 17.6. The van der Waals surface area contributed by atoms with E-state index in [1.807, 2.05) is 0 Å². The second kappa shape index (κ2) is 10.2. The van der Waals surface area contributed by atoms with Gasteiger partial charge in [-0.15, -0.1) is 0 Å². The fourth-order valence-corrected chi connectivity index (χ4v) is 3.28. The molecule has 0 spiro atoms. The van der Waals surface area contributed by atoms with E-state index < -0.39 is 15.9 Å². The van der Waals surface area contributed by atoms with Crippen LogP contribution in [0.5, 0.6) is 11.5 Å². The molecule has 0 atom stereocenters. The maximum atomic E-state index is 11.2. The van der Waals surface area contributed by atoms with Crippen LogP contribution in [0.15, 0.2) is 60.7 Å². The van der Waals surface area contributed by atoms with Crippen LogP contribution >= 0.6 is 0 Å². The predicted molar refractivity (Wildman–Crippen MR) is 121 cm³/mol. The number of hydrogen-bond donors (Lipinski definition) is 4. The van der Waals surface area contributed by atoms with Crippen molar-refractivity contribution in [3.8, 4) is 11.5 Å². The number of carboxylic acid groups (broad SMARTS) is 1. The number of amides is 1. The number of aromatic hydroxyl groups is 2. The van der Waals surface area contributed by atoms with E-state index in [4.69, 9.17) is 5.11 Å². The van der Waals surface area contributed by atoms with Gasteiger partial charge in [0.1, 0.15) is 11.5 Å². The molecule has 4 N–H and O–H groups in total. The minimum absolute atomic E-state index is 0.0254. The Labute approximate surface area is 192 Å². The highest BCUT2D eigenvalue weighted by Crippen LogP contribution is 2.30. The summed E-state index contributed by atoms with van der Waals surface area (Å²) in [6.45, 7) is 0.0255. The molecule has 176 valence electrons. The van der Waals surface area contributed by atoms with Gasteiger partial charge in [0.25, 0.3) is 11.4 Å². The summed E-state index contributed by atoms with van der Waals surface area (Å²) in [5.41, 5.74) is 1.26. The molecule has 1 amide bonds. The third-order valence-electron chi connectivity index (χ3n) is 5.02. The lowest BCUT2D eigenvalue weighted by Gasteiger charge is -2.26. The monoisotopic (exact) mass is 468 g/mol. The molecule has 0 aliphatic carbocycles. The number of nitrogens with one attached hydrogen (secondary N) is 1. The van der Waals surface area contributed by atoms with Crippen LogP contribution in [0.3, 0.4) is 0 Å². The summed E-state index contributed by atoms with van der Waals surface area (Å²) in [5, 5.41) is 53.9. The van der Waals surface area contributed by atoms with Gasteiger partial charge in [0, 0.05) is 60.7 Å². The predicted octanol–water partition coefficient (Wildman–Crippen LogP) is 3.89. The highest BCUT2D eigenvalue weighted by atomic mass is 16.6. The third kappa shape index (κ3) is 5.88. The largest absolute Gasteiger partial charge is 0.508 e. The average Bonchev–Trinajstić information content (AvgIpc) is 2.79. The molecule has 0 aliphatic heterocycles. The van der Waals surface area contributed by atoms with E-state index in [1.54, 1.807) is 29.2 Å². The highest BCUT2D eigenvalue weighted by molar-refractivity contribution is 5.64. The Bertz CT molecular complexity index is 1160. The Hall–Kier alpha value is -4.87. The van der Waals surface area contributed by atoms with E-state index in [9.17, 15) is 35.2 Å². The molecule has 3 aromatic rings. The number of carbonyl (C=O) groups is 1. The molecule has 0 aliphatic rings. The zero-order valence-electron chi connectivity index (χ0n) is 17.6. The summed E-state index contributed by atoms with van der Waals surface area (Å²) >= 11 is 0. The molecule has 12 heteroatoms. The summed E-state index contributed by atoms with van der Waals surface area (Å²) in [6, 6.07) is 13.9. The number of phenols is 2. The number of nitro groups is 2. The number of phenolic OH excluding ortho intramolecular Hbond substituents is 2. The quantitative estimate of drug-likeness (QED) is 0.268. The van der Waals surface area contributed by atoms with Crippen LogP contribution in [0, 0.1) is 20.2 Å². The molecule has 0 unspecified atom stereocenters. The van der Waals surface area contributed by atoms with Gasteiger partial charge in [-0.25, -0.2) is 4.79 Å². The van der Waals surface area contributed by atoms with Crippen LogP contribution in [0.1, 0.15) is 16.7 Å². The number of rotatable bonds is 9. The van der Waals surface area contributed by atoms with Crippen LogP contribution in [-0.2, 0) is 19.6 Å². The summed E-state index contributed by atoms with van der Waals surface area (Å²) in [5.74, 6) is -0.359. The SMILES string of the molecule is O=C(O)NCc1ccc(N(Cc2cc([N+](=O)[O-])ccc2O)Cc2cc([N+](=O)[O-])ccc2O)cc1. The van der Waals surface area contributed by atoms with E-state index in [0.29, 0.717) is 11.3 Å². The molecule has 0 aromatic heterocycles. The summed E-state index contributed by atoms with van der Waals surface area (Å²) in [7, 11) is 0. The van der Waals surface area contributed by atoms with Crippen molar-refractivity contribution in [3.05, 3.63) is 97.6 Å². The topological polar surface area (TPSA) is 179 Å². The van der Waals surface area contributed by atoms with Gasteiger partial charge in [-0.2, -0.15) is 0 Å². The van der Waals surface area contributed by atoms with Crippen LogP contribution in [0.25, 0.3) is 0 Å². The van der Waals surface area contributed by atoms with Crippen molar-refractivity contribution in [3.63, 3.8) is 0 Å². The van der Waals surface area contributed by atoms with Crippen LogP contribution in [0.4, 0.5) is 21.9 Å². The Kier molecular flexibility index (Phi) is 7.11. The van der Waals surface area contributed by atoms with Crippen molar-refractivity contribution in [2.75, 3.05) is 4.90 Å². The molecule has 0 heterocycles. The van der Waals surface area contributed by atoms with Gasteiger partial charge in [-0.05, 0) is 29.8 Å². The van der Waals surface area contributed by atoms with Gasteiger partial charge in [0.2, 0.25) is 0 Å². The normalized spacial score (nSPS) is 10.5. The Morgan fingerprint density at radius 1 is 0.824 bits per heavy atom. The van der Waals surface area contributed by atoms with E-state index in [0.717, 1.165) is 0 Å². The number of nitro benzene ring substituents is 2. The minimum atomic E-state index is -1.17. The van der Waals surface area contributed by atoms with Crippen molar-refractivity contribution < 1.29 is 30.0 Å². The summed E-state index contributed by atoms with van der Waals surface area (Å²) in [4.78, 5) is 33.5. The molecule has 0 saturated carbocycles. The van der Waals surface area contributed by atoms with Crippen molar-refractivity contribution in [2.45, 2.75) is 19.6 Å². The molecular formula is C22H20N4O8. The number of non-ortho nitro benzene ring substituents is 2. The Balaban J connectivity index is 1.98. The number of benzene rings is 3. The number of anilines is 1. The van der Waals surface area contributed by atoms with Crippen LogP contribution in [0.2, 0.25) is 0 Å². The first kappa shape index (κ1) is 23.8. The summed E-state index contributed by atoms with van der Waals surface area (Å²) < 4.78 is 0. The maximum absolute atomic E-state index is 11.2. The molecule has 3 aromatic carbocycles. The van der Waals surface area contributed by atoms with Crippen molar-refractivity contribution in [1.29, 1.82) is 0 Å². The smallest absolute Gasteiger partial charge is 0.404 e. The lowest BCUT2D eigenvalue weighted by Crippen LogP contribution is -2.23. The summed E-state index contributed by atoms with van der Waals surface area (Å²) in [6.07, 6.45) is -1.17. The molecule has 34 heavy (non-hydrogen) atoms. The standard InChI is InChI=1S/C22H20N4O8/c27-20-7-5-18(25(31)32)9-15(20)12-24(13-16-10-19(26(33)34)6-8-21(16)28)17-3-1-14(2-4-17)11-23-22(29)30/h1-10,23,27-28H,11-13H2,(H,29,30). The molecular weight excluding hydrogens is 448 g/mol. The maximum Gasteiger partial charge on any atom is 0.404 e. The fourth-order valence-electron chi connectivity index (χ4n) is 3.28. The lowest BCUT2D eigenvalue weighted by molar-refractivity contribution is -0.385. The third-order valence-corrected chi connectivity index (χ3v) is 5.02. The van der Waals surface area contributed by atoms with Gasteiger partial charge in [0.15, 0.2) is 0 Å².